The van der Waals surface area contributed by atoms with Gasteiger partial charge < -0.3 is 14.6 Å². The van der Waals surface area contributed by atoms with E-state index in [1.54, 1.807) is 31.4 Å². The average Bonchev–Trinajstić information content (AvgIpc) is 2.37. The van der Waals surface area contributed by atoms with E-state index < -0.39 is 11.9 Å². The lowest BCUT2D eigenvalue weighted by molar-refractivity contribution is -0.141. The highest BCUT2D eigenvalue weighted by Gasteiger charge is 2.19. The van der Waals surface area contributed by atoms with Crippen molar-refractivity contribution in [3.63, 3.8) is 0 Å². The van der Waals surface area contributed by atoms with Crippen molar-refractivity contribution in [2.45, 2.75) is 18.8 Å². The first kappa shape index (κ1) is 14.0. The summed E-state index contributed by atoms with van der Waals surface area (Å²) < 4.78 is 9.60. The molecule has 0 aromatic heterocycles. The van der Waals surface area contributed by atoms with Crippen molar-refractivity contribution in [1.29, 1.82) is 0 Å². The summed E-state index contributed by atoms with van der Waals surface area (Å²) >= 11 is 0. The highest BCUT2D eigenvalue weighted by molar-refractivity contribution is 5.73. The largest absolute Gasteiger partial charge is 0.497 e. The van der Waals surface area contributed by atoms with Crippen LogP contribution in [0.15, 0.2) is 24.3 Å². The van der Waals surface area contributed by atoms with Gasteiger partial charge in [-0.05, 0) is 17.7 Å². The van der Waals surface area contributed by atoms with Crippen LogP contribution in [-0.4, -0.2) is 31.3 Å². The van der Waals surface area contributed by atoms with Gasteiger partial charge in [0.15, 0.2) is 0 Å². The number of carbonyl (C=O) groups is 2. The molecule has 0 aliphatic heterocycles. The first-order valence-electron chi connectivity index (χ1n) is 5.49. The summed E-state index contributed by atoms with van der Waals surface area (Å²) in [6, 6.07) is 6.99. The Morgan fingerprint density at radius 1 is 1.17 bits per heavy atom. The Hall–Kier alpha value is -2.04. The van der Waals surface area contributed by atoms with Gasteiger partial charge in [0.05, 0.1) is 27.1 Å². The fraction of sp³-hybridized carbons (Fsp3) is 0.385. The van der Waals surface area contributed by atoms with E-state index in [-0.39, 0.29) is 18.8 Å². The van der Waals surface area contributed by atoms with Crippen molar-refractivity contribution in [2.75, 3.05) is 14.2 Å². The lowest BCUT2D eigenvalue weighted by Crippen LogP contribution is -2.12. The zero-order valence-corrected chi connectivity index (χ0v) is 10.4. The summed E-state index contributed by atoms with van der Waals surface area (Å²) in [5, 5.41) is 8.85. The smallest absolute Gasteiger partial charge is 0.306 e. The van der Waals surface area contributed by atoms with Gasteiger partial charge in [-0.15, -0.1) is 0 Å². The highest BCUT2D eigenvalue weighted by Crippen LogP contribution is 2.25. The van der Waals surface area contributed by atoms with Crippen molar-refractivity contribution in [1.82, 2.24) is 0 Å². The molecule has 0 heterocycles. The topological polar surface area (TPSA) is 72.8 Å². The number of methoxy groups -OCH3 is 2. The van der Waals surface area contributed by atoms with Gasteiger partial charge in [-0.25, -0.2) is 0 Å². The summed E-state index contributed by atoms with van der Waals surface area (Å²) in [7, 11) is 2.84. The van der Waals surface area contributed by atoms with Crippen LogP contribution in [-0.2, 0) is 14.3 Å². The maximum absolute atomic E-state index is 11.3. The van der Waals surface area contributed by atoms with E-state index in [1.165, 1.54) is 7.11 Å². The van der Waals surface area contributed by atoms with E-state index in [1.807, 2.05) is 0 Å². The van der Waals surface area contributed by atoms with Crippen LogP contribution < -0.4 is 4.74 Å². The van der Waals surface area contributed by atoms with Gasteiger partial charge >= 0.3 is 11.9 Å². The normalized spacial score (nSPS) is 11.7. The van der Waals surface area contributed by atoms with Crippen molar-refractivity contribution >= 4 is 11.9 Å². The number of carboxylic acid groups (broad SMARTS) is 1. The Morgan fingerprint density at radius 2 is 1.78 bits per heavy atom. The zero-order chi connectivity index (χ0) is 13.5. The Bertz CT molecular complexity index is 410. The second-order valence-corrected chi connectivity index (χ2v) is 3.85. The van der Waals surface area contributed by atoms with E-state index in [0.29, 0.717) is 5.75 Å². The molecule has 0 fully saturated rings. The molecule has 5 nitrogen and oxygen atoms in total. The molecule has 1 aromatic rings. The molecular weight excluding hydrogens is 236 g/mol. The van der Waals surface area contributed by atoms with Crippen molar-refractivity contribution in [3.05, 3.63) is 29.8 Å². The van der Waals surface area contributed by atoms with Crippen LogP contribution in [0.3, 0.4) is 0 Å². The molecule has 0 unspecified atom stereocenters. The molecule has 0 spiro atoms. The number of benzene rings is 1. The quantitative estimate of drug-likeness (QED) is 0.782. The van der Waals surface area contributed by atoms with E-state index in [0.717, 1.165) is 5.56 Å². The Morgan fingerprint density at radius 3 is 2.22 bits per heavy atom. The maximum Gasteiger partial charge on any atom is 0.306 e. The molecule has 0 saturated heterocycles. The van der Waals surface area contributed by atoms with E-state index in [9.17, 15) is 9.59 Å². The van der Waals surface area contributed by atoms with Crippen LogP contribution in [0, 0.1) is 0 Å². The second kappa shape index (κ2) is 6.64. The fourth-order valence-electron chi connectivity index (χ4n) is 1.68. The van der Waals surface area contributed by atoms with Crippen LogP contribution >= 0.6 is 0 Å². The Balaban J connectivity index is 2.86. The van der Waals surface area contributed by atoms with Crippen LogP contribution in [0.25, 0.3) is 0 Å². The molecule has 1 rings (SSSR count). The van der Waals surface area contributed by atoms with Gasteiger partial charge in [-0.2, -0.15) is 0 Å². The predicted molar refractivity (Wildman–Crippen MR) is 64.6 cm³/mol. The predicted octanol–water partition coefficient (Wildman–Crippen LogP) is 1.82. The third-order valence-corrected chi connectivity index (χ3v) is 2.65. The Kier molecular flexibility index (Phi) is 5.17. The van der Waals surface area contributed by atoms with Gasteiger partial charge in [0.25, 0.3) is 0 Å². The summed E-state index contributed by atoms with van der Waals surface area (Å²) in [6.07, 6.45) is -0.0590. The summed E-state index contributed by atoms with van der Waals surface area (Å²) in [6.45, 7) is 0. The third-order valence-electron chi connectivity index (χ3n) is 2.65. The monoisotopic (exact) mass is 252 g/mol. The number of ether oxygens (including phenoxy) is 2. The van der Waals surface area contributed by atoms with Crippen LogP contribution in [0.2, 0.25) is 0 Å². The first-order chi connectivity index (χ1) is 8.56. The second-order valence-electron chi connectivity index (χ2n) is 3.85. The molecule has 0 saturated carbocycles. The summed E-state index contributed by atoms with van der Waals surface area (Å²) in [5.74, 6) is -1.07. The van der Waals surface area contributed by atoms with Gasteiger partial charge in [-0.3, -0.25) is 9.59 Å². The van der Waals surface area contributed by atoms with Crippen molar-refractivity contribution in [3.8, 4) is 5.75 Å². The number of rotatable bonds is 6. The summed E-state index contributed by atoms with van der Waals surface area (Å²) in [4.78, 5) is 22.1. The molecule has 98 valence electrons. The molecule has 0 radical (unpaired) electrons. The number of carboxylic acids is 1. The van der Waals surface area contributed by atoms with Gasteiger partial charge in [0.1, 0.15) is 5.75 Å². The summed E-state index contributed by atoms with van der Waals surface area (Å²) in [5.41, 5.74) is 0.781. The molecule has 0 aliphatic carbocycles. The zero-order valence-electron chi connectivity index (χ0n) is 10.4. The minimum absolute atomic E-state index is 0.0507. The van der Waals surface area contributed by atoms with Crippen molar-refractivity contribution < 1.29 is 24.2 Å². The molecule has 0 amide bonds. The highest BCUT2D eigenvalue weighted by atomic mass is 16.5. The van der Waals surface area contributed by atoms with E-state index >= 15 is 0 Å². The lowest BCUT2D eigenvalue weighted by Gasteiger charge is -2.14. The third kappa shape index (κ3) is 4.08. The van der Waals surface area contributed by atoms with E-state index in [4.69, 9.17) is 9.84 Å². The molecule has 0 aliphatic rings. The molecule has 1 aromatic carbocycles. The number of carbonyl (C=O) groups excluding carboxylic acids is 1. The number of aliphatic carboxylic acids is 1. The fourth-order valence-corrected chi connectivity index (χ4v) is 1.68. The SMILES string of the molecule is COC(=O)C[C@H](CC(=O)O)c1ccc(OC)cc1. The number of hydrogen-bond acceptors (Lipinski definition) is 4. The molecule has 1 N–H and O–H groups in total. The minimum atomic E-state index is -0.945. The Labute approximate surface area is 105 Å². The minimum Gasteiger partial charge on any atom is -0.497 e. The first-order valence-corrected chi connectivity index (χ1v) is 5.49. The molecule has 5 heteroatoms. The van der Waals surface area contributed by atoms with Crippen LogP contribution in [0.5, 0.6) is 5.75 Å². The van der Waals surface area contributed by atoms with Gasteiger partial charge in [-0.1, -0.05) is 12.1 Å². The number of hydrogen-bond donors (Lipinski definition) is 1. The van der Waals surface area contributed by atoms with Crippen molar-refractivity contribution in [2.24, 2.45) is 0 Å². The molecule has 1 atom stereocenters. The molecule has 18 heavy (non-hydrogen) atoms. The lowest BCUT2D eigenvalue weighted by atomic mass is 9.92. The van der Waals surface area contributed by atoms with Crippen LogP contribution in [0.1, 0.15) is 24.3 Å². The average molecular weight is 252 g/mol. The number of esters is 1. The standard InChI is InChI=1S/C13H16O5/c1-17-11-5-3-9(4-6-11)10(7-12(14)15)8-13(16)18-2/h3-6,10H,7-8H2,1-2H3,(H,14,15)/t10-/m0/s1. The maximum atomic E-state index is 11.3. The molecule has 0 bridgehead atoms. The van der Waals surface area contributed by atoms with Crippen LogP contribution in [0.4, 0.5) is 0 Å². The molecular formula is C13H16O5. The van der Waals surface area contributed by atoms with Gasteiger partial charge in [0.2, 0.25) is 0 Å². The van der Waals surface area contributed by atoms with Gasteiger partial charge in [0, 0.05) is 5.92 Å². The van der Waals surface area contributed by atoms with E-state index in [2.05, 4.69) is 4.74 Å².